The molecule has 0 heterocycles. The van der Waals surface area contributed by atoms with E-state index >= 15 is 0 Å². The molecular weight excluding hydrogens is 421 g/mol. The molecule has 0 aromatic rings. The van der Waals surface area contributed by atoms with Gasteiger partial charge in [-0.15, -0.1) is 0 Å². The lowest BCUT2D eigenvalue weighted by atomic mass is 10.4. The van der Waals surface area contributed by atoms with Gasteiger partial charge in [-0.3, -0.25) is 0 Å². The first-order valence-corrected chi connectivity index (χ1v) is 25.4. The summed E-state index contributed by atoms with van der Waals surface area (Å²) in [4.78, 5) is 0. The second-order valence-corrected chi connectivity index (χ2v) is 30.0. The fourth-order valence-electron chi connectivity index (χ4n) is 3.88. The Balaban J connectivity index is 4.93. The highest BCUT2D eigenvalue weighted by Crippen LogP contribution is 2.28. The zero-order valence-electron chi connectivity index (χ0n) is 20.4. The summed E-state index contributed by atoms with van der Waals surface area (Å²) in [5.41, 5.74) is 0. The SMILES string of the molecule is CCCC[Si](C)(C)O[Si](C)(C)O[Si](C)(C)O[Si](C)(C)O[Si](C)(C)CCCC. The van der Waals surface area contributed by atoms with Gasteiger partial charge in [-0.05, 0) is 77.6 Å². The average molecular weight is 469 g/mol. The van der Waals surface area contributed by atoms with Crippen molar-refractivity contribution in [2.75, 3.05) is 0 Å². The van der Waals surface area contributed by atoms with Crippen molar-refractivity contribution in [3.05, 3.63) is 0 Å². The second-order valence-electron chi connectivity index (χ2n) is 10.3. The van der Waals surface area contributed by atoms with Gasteiger partial charge in [0, 0.05) is 0 Å². The van der Waals surface area contributed by atoms with Gasteiger partial charge < -0.3 is 16.5 Å². The molecule has 0 radical (unpaired) electrons. The third kappa shape index (κ3) is 13.7. The lowest BCUT2D eigenvalue weighted by Crippen LogP contribution is -2.58. The van der Waals surface area contributed by atoms with Gasteiger partial charge in [0.1, 0.15) is 0 Å². The molecule has 0 spiro atoms. The van der Waals surface area contributed by atoms with Gasteiger partial charge in [-0.2, -0.15) is 0 Å². The summed E-state index contributed by atoms with van der Waals surface area (Å²) in [6.07, 6.45) is 4.93. The first-order valence-electron chi connectivity index (χ1n) is 10.8. The summed E-state index contributed by atoms with van der Waals surface area (Å²) in [5.74, 6) is 0. The molecule has 0 saturated carbocycles. The molecule has 0 aliphatic heterocycles. The molecule has 9 heteroatoms. The summed E-state index contributed by atoms with van der Waals surface area (Å²) in [6.45, 7) is 26.8. The van der Waals surface area contributed by atoms with Crippen LogP contribution in [0.2, 0.25) is 77.6 Å². The molecule has 4 nitrogen and oxygen atoms in total. The van der Waals surface area contributed by atoms with E-state index in [0.29, 0.717) is 0 Å². The number of hydrogen-bond donors (Lipinski definition) is 0. The molecule has 0 N–H and O–H groups in total. The molecule has 0 rings (SSSR count). The van der Waals surface area contributed by atoms with E-state index in [4.69, 9.17) is 16.5 Å². The Morgan fingerprint density at radius 1 is 0.444 bits per heavy atom. The molecule has 0 unspecified atom stereocenters. The van der Waals surface area contributed by atoms with Crippen LogP contribution in [0.4, 0.5) is 0 Å². The third-order valence-corrected chi connectivity index (χ3v) is 23.6. The molecule has 0 atom stereocenters. The van der Waals surface area contributed by atoms with Gasteiger partial charge >= 0.3 is 25.7 Å². The smallest absolute Gasteiger partial charge is 0.314 e. The van der Waals surface area contributed by atoms with Crippen LogP contribution in [0.5, 0.6) is 0 Å². The van der Waals surface area contributed by atoms with E-state index in [1.54, 1.807) is 0 Å². The number of unbranched alkanes of at least 4 members (excludes halogenated alkanes) is 2. The summed E-state index contributed by atoms with van der Waals surface area (Å²) < 4.78 is 26.5. The van der Waals surface area contributed by atoms with Crippen LogP contribution in [0.15, 0.2) is 0 Å². The molecule has 27 heavy (non-hydrogen) atoms. The average Bonchev–Trinajstić information content (AvgIpc) is 2.37. The molecule has 0 fully saturated rings. The first kappa shape index (κ1) is 27.9. The number of hydrogen-bond acceptors (Lipinski definition) is 4. The van der Waals surface area contributed by atoms with Crippen LogP contribution in [0, 0.1) is 0 Å². The van der Waals surface area contributed by atoms with Crippen molar-refractivity contribution in [2.45, 2.75) is 117 Å². The maximum Gasteiger partial charge on any atom is 0.314 e. The van der Waals surface area contributed by atoms with Crippen LogP contribution in [-0.4, -0.2) is 42.3 Å². The van der Waals surface area contributed by atoms with Gasteiger partial charge in [-0.1, -0.05) is 39.5 Å². The molecule has 0 aliphatic rings. The van der Waals surface area contributed by atoms with Crippen LogP contribution in [0.1, 0.15) is 39.5 Å². The Labute approximate surface area is 175 Å². The minimum absolute atomic E-state index is 1.20. The lowest BCUT2D eigenvalue weighted by Gasteiger charge is -2.42. The van der Waals surface area contributed by atoms with Gasteiger partial charge in [0.15, 0.2) is 16.6 Å². The summed E-state index contributed by atoms with van der Waals surface area (Å²) in [6, 6.07) is 2.40. The first-order chi connectivity index (χ1) is 11.9. The zero-order chi connectivity index (χ0) is 21.6. The topological polar surface area (TPSA) is 36.9 Å². The van der Waals surface area contributed by atoms with E-state index in [0.717, 1.165) is 0 Å². The van der Waals surface area contributed by atoms with Crippen LogP contribution in [-0.2, 0) is 16.5 Å². The maximum atomic E-state index is 6.63. The predicted molar refractivity (Wildman–Crippen MR) is 131 cm³/mol. The molecule has 0 amide bonds. The zero-order valence-corrected chi connectivity index (χ0v) is 25.4. The molecule has 0 aliphatic carbocycles. The molecule has 0 saturated heterocycles. The Hall–Kier alpha value is 0.924. The van der Waals surface area contributed by atoms with Crippen LogP contribution < -0.4 is 0 Å². The third-order valence-electron chi connectivity index (χ3n) is 4.29. The fraction of sp³-hybridized carbons (Fsp3) is 1.00. The van der Waals surface area contributed by atoms with Crippen molar-refractivity contribution in [1.82, 2.24) is 0 Å². The van der Waals surface area contributed by atoms with Crippen LogP contribution >= 0.6 is 0 Å². The Morgan fingerprint density at radius 3 is 0.963 bits per heavy atom. The van der Waals surface area contributed by atoms with Crippen molar-refractivity contribution in [3.8, 4) is 0 Å². The van der Waals surface area contributed by atoms with Gasteiger partial charge in [-0.25, -0.2) is 0 Å². The standard InChI is InChI=1S/C18H48O4Si5/c1-13-15-17-23(3,4)19-25(7,8)21-27(11,12)22-26(9,10)20-24(5,6)18-16-14-2/h13-18H2,1-12H3. The highest BCUT2D eigenvalue weighted by molar-refractivity contribution is 6.90. The fourth-order valence-corrected chi connectivity index (χ4v) is 28.9. The molecular formula is C18H48O4Si5. The lowest BCUT2D eigenvalue weighted by molar-refractivity contribution is 0.298. The molecule has 0 bridgehead atoms. The second kappa shape index (κ2) is 10.8. The Kier molecular flexibility index (Phi) is 11.2. The van der Waals surface area contributed by atoms with E-state index in [1.807, 2.05) is 0 Å². The van der Waals surface area contributed by atoms with Crippen molar-refractivity contribution < 1.29 is 16.5 Å². The highest BCUT2D eigenvalue weighted by atomic mass is 28.5. The Morgan fingerprint density at radius 2 is 0.704 bits per heavy atom. The predicted octanol–water partition coefficient (Wildman–Crippen LogP) is 7.17. The van der Waals surface area contributed by atoms with E-state index in [2.05, 4.69) is 79.3 Å². The van der Waals surface area contributed by atoms with E-state index in [9.17, 15) is 0 Å². The largest absolute Gasteiger partial charge is 0.436 e. The van der Waals surface area contributed by atoms with Crippen molar-refractivity contribution in [3.63, 3.8) is 0 Å². The highest BCUT2D eigenvalue weighted by Gasteiger charge is 2.45. The maximum absolute atomic E-state index is 6.63. The Bertz CT molecular complexity index is 401. The number of rotatable bonds is 14. The van der Waals surface area contributed by atoms with Gasteiger partial charge in [0.05, 0.1) is 0 Å². The van der Waals surface area contributed by atoms with E-state index < -0.39 is 42.3 Å². The van der Waals surface area contributed by atoms with Crippen molar-refractivity contribution in [2.24, 2.45) is 0 Å². The van der Waals surface area contributed by atoms with Crippen molar-refractivity contribution in [1.29, 1.82) is 0 Å². The minimum atomic E-state index is -2.32. The molecule has 164 valence electrons. The molecule has 0 aromatic carbocycles. The van der Waals surface area contributed by atoms with Crippen LogP contribution in [0.3, 0.4) is 0 Å². The molecule has 0 aromatic heterocycles. The quantitative estimate of drug-likeness (QED) is 0.253. The van der Waals surface area contributed by atoms with Gasteiger partial charge in [0.2, 0.25) is 0 Å². The van der Waals surface area contributed by atoms with Crippen molar-refractivity contribution >= 4 is 42.3 Å². The summed E-state index contributed by atoms with van der Waals surface area (Å²) in [5, 5.41) is 0. The van der Waals surface area contributed by atoms with E-state index in [1.165, 1.54) is 37.8 Å². The summed E-state index contributed by atoms with van der Waals surface area (Å²) >= 11 is 0. The van der Waals surface area contributed by atoms with E-state index in [-0.39, 0.29) is 0 Å². The van der Waals surface area contributed by atoms with Gasteiger partial charge in [0.25, 0.3) is 0 Å². The monoisotopic (exact) mass is 468 g/mol. The summed E-state index contributed by atoms with van der Waals surface area (Å²) in [7, 11) is -10.1. The normalized spacial score (nSPS) is 14.7. The minimum Gasteiger partial charge on any atom is -0.436 e. The van der Waals surface area contributed by atoms with Crippen LogP contribution in [0.25, 0.3) is 0 Å².